The number of carbonyl (C=O) groups excluding carboxylic acids is 1. The van der Waals surface area contributed by atoms with Gasteiger partial charge in [-0.05, 0) is 24.3 Å². The summed E-state index contributed by atoms with van der Waals surface area (Å²) >= 11 is 1.33. The van der Waals surface area contributed by atoms with Crippen molar-refractivity contribution in [2.75, 3.05) is 5.32 Å². The molecule has 2 heterocycles. The van der Waals surface area contributed by atoms with Crippen molar-refractivity contribution in [3.05, 3.63) is 59.5 Å². The van der Waals surface area contributed by atoms with E-state index in [4.69, 9.17) is 5.26 Å². The summed E-state index contributed by atoms with van der Waals surface area (Å²) in [5, 5.41) is 13.8. The summed E-state index contributed by atoms with van der Waals surface area (Å²) in [6.07, 6.45) is 4.75. The second-order valence-electron chi connectivity index (χ2n) is 4.27. The number of aromatic nitrogens is 3. The van der Waals surface area contributed by atoms with Crippen molar-refractivity contribution in [1.29, 1.82) is 5.26 Å². The van der Waals surface area contributed by atoms with Crippen LogP contribution in [0.25, 0.3) is 10.7 Å². The lowest BCUT2D eigenvalue weighted by Gasteiger charge is -2.02. The Kier molecular flexibility index (Phi) is 3.85. The molecule has 0 aliphatic heterocycles. The molecule has 6 nitrogen and oxygen atoms in total. The first-order chi connectivity index (χ1) is 10.8. The number of carbonyl (C=O) groups is 1. The normalized spacial score (nSPS) is 9.95. The van der Waals surface area contributed by atoms with Crippen LogP contribution in [0, 0.1) is 11.3 Å². The second kappa shape index (κ2) is 6.11. The van der Waals surface area contributed by atoms with Crippen LogP contribution >= 0.6 is 11.3 Å². The number of amides is 1. The SMILES string of the molecule is N#Cc1ccc(NC(=O)c2csc(-c3cnccn3)n2)cc1. The molecule has 0 aliphatic rings. The summed E-state index contributed by atoms with van der Waals surface area (Å²) < 4.78 is 0. The molecule has 0 unspecified atom stereocenters. The van der Waals surface area contributed by atoms with Crippen molar-refractivity contribution < 1.29 is 4.79 Å². The van der Waals surface area contributed by atoms with Gasteiger partial charge >= 0.3 is 0 Å². The number of nitrogens with zero attached hydrogens (tertiary/aromatic N) is 4. The third-order valence-corrected chi connectivity index (χ3v) is 3.66. The van der Waals surface area contributed by atoms with Gasteiger partial charge in [0.05, 0.1) is 17.8 Å². The van der Waals surface area contributed by atoms with E-state index in [0.717, 1.165) is 0 Å². The molecule has 3 aromatic rings. The Morgan fingerprint density at radius 2 is 2.05 bits per heavy atom. The molecule has 0 radical (unpaired) electrons. The zero-order valence-corrected chi connectivity index (χ0v) is 12.0. The maximum Gasteiger partial charge on any atom is 0.275 e. The van der Waals surface area contributed by atoms with Crippen LogP contribution in [0.5, 0.6) is 0 Å². The van der Waals surface area contributed by atoms with Crippen molar-refractivity contribution in [1.82, 2.24) is 15.0 Å². The van der Waals surface area contributed by atoms with Crippen LogP contribution in [0.2, 0.25) is 0 Å². The van der Waals surface area contributed by atoms with Crippen LogP contribution in [-0.4, -0.2) is 20.9 Å². The smallest absolute Gasteiger partial charge is 0.275 e. The Bertz CT molecular complexity index is 836. The van der Waals surface area contributed by atoms with Crippen LogP contribution < -0.4 is 5.32 Å². The second-order valence-corrected chi connectivity index (χ2v) is 5.13. The van der Waals surface area contributed by atoms with Crippen molar-refractivity contribution in [2.45, 2.75) is 0 Å². The lowest BCUT2D eigenvalue weighted by atomic mass is 10.2. The van der Waals surface area contributed by atoms with Gasteiger partial charge in [-0.3, -0.25) is 14.8 Å². The molecule has 0 bridgehead atoms. The average Bonchev–Trinajstić information content (AvgIpc) is 3.06. The van der Waals surface area contributed by atoms with E-state index in [-0.39, 0.29) is 5.91 Å². The minimum Gasteiger partial charge on any atom is -0.321 e. The zero-order chi connectivity index (χ0) is 15.4. The maximum absolute atomic E-state index is 12.1. The molecule has 0 fully saturated rings. The standard InChI is InChI=1S/C15H9N5OS/c16-7-10-1-3-11(4-2-10)19-14(21)13-9-22-15(20-13)12-8-17-5-6-18-12/h1-6,8-9H,(H,19,21). The predicted octanol–water partition coefficient (Wildman–Crippen LogP) is 2.72. The van der Waals surface area contributed by atoms with E-state index in [0.29, 0.717) is 27.6 Å². The van der Waals surface area contributed by atoms with Gasteiger partial charge in [0.1, 0.15) is 16.4 Å². The Hall–Kier alpha value is -3.11. The van der Waals surface area contributed by atoms with Gasteiger partial charge in [-0.25, -0.2) is 4.98 Å². The van der Waals surface area contributed by atoms with Crippen molar-refractivity contribution >= 4 is 22.9 Å². The molecule has 0 aliphatic carbocycles. The van der Waals surface area contributed by atoms with Crippen LogP contribution in [0.4, 0.5) is 5.69 Å². The van der Waals surface area contributed by atoms with Gasteiger partial charge in [-0.15, -0.1) is 11.3 Å². The molecule has 0 saturated carbocycles. The highest BCUT2D eigenvalue weighted by molar-refractivity contribution is 7.13. The first kappa shape index (κ1) is 13.9. The van der Waals surface area contributed by atoms with Crippen molar-refractivity contribution in [3.63, 3.8) is 0 Å². The third kappa shape index (κ3) is 2.97. The fourth-order valence-electron chi connectivity index (χ4n) is 1.73. The topological polar surface area (TPSA) is 91.6 Å². The summed E-state index contributed by atoms with van der Waals surface area (Å²) in [4.78, 5) is 24.5. The summed E-state index contributed by atoms with van der Waals surface area (Å²) in [6.45, 7) is 0. The number of nitrogens with one attached hydrogen (secondary N) is 1. The first-order valence-corrected chi connectivity index (χ1v) is 7.17. The molecule has 0 spiro atoms. The van der Waals surface area contributed by atoms with Gasteiger partial charge in [0.25, 0.3) is 5.91 Å². The molecule has 22 heavy (non-hydrogen) atoms. The third-order valence-electron chi connectivity index (χ3n) is 2.79. The van der Waals surface area contributed by atoms with Crippen LogP contribution in [0.1, 0.15) is 16.1 Å². The van der Waals surface area contributed by atoms with Crippen LogP contribution in [-0.2, 0) is 0 Å². The molecule has 106 valence electrons. The van der Waals surface area contributed by atoms with Gasteiger partial charge in [0, 0.05) is 23.5 Å². The fourth-order valence-corrected chi connectivity index (χ4v) is 2.49. The number of rotatable bonds is 3. The lowest BCUT2D eigenvalue weighted by Crippen LogP contribution is -2.12. The van der Waals surface area contributed by atoms with Gasteiger partial charge in [0.15, 0.2) is 0 Å². The highest BCUT2D eigenvalue weighted by Gasteiger charge is 2.12. The van der Waals surface area contributed by atoms with Gasteiger partial charge < -0.3 is 5.32 Å². The van der Waals surface area contributed by atoms with E-state index in [1.807, 2.05) is 6.07 Å². The molecule has 3 rings (SSSR count). The largest absolute Gasteiger partial charge is 0.321 e. The van der Waals surface area contributed by atoms with Crippen molar-refractivity contribution in [3.8, 4) is 16.8 Å². The van der Waals surface area contributed by atoms with E-state index in [2.05, 4.69) is 20.3 Å². The Balaban J connectivity index is 1.75. The van der Waals surface area contributed by atoms with Crippen LogP contribution in [0.15, 0.2) is 48.2 Å². The number of thiazole rings is 1. The van der Waals surface area contributed by atoms with Gasteiger partial charge in [0.2, 0.25) is 0 Å². The maximum atomic E-state index is 12.1. The summed E-state index contributed by atoms with van der Waals surface area (Å²) in [7, 11) is 0. The molecule has 7 heteroatoms. The number of benzene rings is 1. The van der Waals surface area contributed by atoms with E-state index < -0.39 is 0 Å². The fraction of sp³-hybridized carbons (Fsp3) is 0. The molecule has 1 aromatic carbocycles. The lowest BCUT2D eigenvalue weighted by molar-refractivity contribution is 0.102. The number of anilines is 1. The molecule has 1 N–H and O–H groups in total. The predicted molar refractivity (Wildman–Crippen MR) is 82.3 cm³/mol. The first-order valence-electron chi connectivity index (χ1n) is 6.30. The average molecular weight is 307 g/mol. The molecular weight excluding hydrogens is 298 g/mol. The van der Waals surface area contributed by atoms with E-state index >= 15 is 0 Å². The highest BCUT2D eigenvalue weighted by atomic mass is 32.1. The minimum absolute atomic E-state index is 0.309. The van der Waals surface area contributed by atoms with E-state index in [1.54, 1.807) is 48.2 Å². The monoisotopic (exact) mass is 307 g/mol. The van der Waals surface area contributed by atoms with Gasteiger partial charge in [-0.2, -0.15) is 5.26 Å². The number of hydrogen-bond donors (Lipinski definition) is 1. The Morgan fingerprint density at radius 3 is 2.73 bits per heavy atom. The quantitative estimate of drug-likeness (QED) is 0.803. The number of hydrogen-bond acceptors (Lipinski definition) is 6. The summed E-state index contributed by atoms with van der Waals surface area (Å²) in [5.74, 6) is -0.309. The van der Waals surface area contributed by atoms with Crippen molar-refractivity contribution in [2.24, 2.45) is 0 Å². The minimum atomic E-state index is -0.309. The summed E-state index contributed by atoms with van der Waals surface area (Å²) in [5.41, 5.74) is 2.09. The molecule has 0 atom stereocenters. The van der Waals surface area contributed by atoms with Crippen LogP contribution in [0.3, 0.4) is 0 Å². The molecule has 0 saturated heterocycles. The molecule has 2 aromatic heterocycles. The molecule has 1 amide bonds. The van der Waals surface area contributed by atoms with E-state index in [1.165, 1.54) is 11.3 Å². The Morgan fingerprint density at radius 1 is 1.23 bits per heavy atom. The Labute approximate surface area is 130 Å². The summed E-state index contributed by atoms with van der Waals surface area (Å²) in [6, 6.07) is 8.65. The molecular formula is C15H9N5OS. The van der Waals surface area contributed by atoms with Gasteiger partial charge in [-0.1, -0.05) is 0 Å². The number of nitriles is 1. The highest BCUT2D eigenvalue weighted by Crippen LogP contribution is 2.21. The zero-order valence-electron chi connectivity index (χ0n) is 11.2. The van der Waals surface area contributed by atoms with E-state index in [9.17, 15) is 4.79 Å².